The first-order chi connectivity index (χ1) is 8.56. The fourth-order valence-electron chi connectivity index (χ4n) is 1.76. The molecule has 0 aliphatic rings. The zero-order valence-corrected chi connectivity index (χ0v) is 11.3. The maximum Gasteiger partial charge on any atom is 0.251 e. The summed E-state index contributed by atoms with van der Waals surface area (Å²) in [5.41, 5.74) is 8.67. The van der Waals surface area contributed by atoms with E-state index in [1.807, 2.05) is 32.0 Å². The number of hydrogen-bond acceptors (Lipinski definition) is 3. The van der Waals surface area contributed by atoms with Crippen LogP contribution in [0, 0.1) is 13.8 Å². The number of rotatable bonds is 6. The second kappa shape index (κ2) is 7.13. The summed E-state index contributed by atoms with van der Waals surface area (Å²) < 4.78 is 4.94. The van der Waals surface area contributed by atoms with Gasteiger partial charge in [0.25, 0.3) is 5.91 Å². The average Bonchev–Trinajstić information content (AvgIpc) is 2.33. The van der Waals surface area contributed by atoms with E-state index in [1.165, 1.54) is 0 Å². The lowest BCUT2D eigenvalue weighted by Crippen LogP contribution is -2.33. The standard InChI is InChI=1S/C14H22N2O2/c1-10-5-4-6-13(11(10)2)14(17)16-8-7-12(15)9-18-3/h4-6,12H,7-9,15H2,1-3H3,(H,16,17). The van der Waals surface area contributed by atoms with Gasteiger partial charge in [0.05, 0.1) is 6.61 Å². The molecule has 0 heterocycles. The first-order valence-corrected chi connectivity index (χ1v) is 6.15. The smallest absolute Gasteiger partial charge is 0.251 e. The number of aryl methyl sites for hydroxylation is 1. The van der Waals surface area contributed by atoms with Gasteiger partial charge in [0.1, 0.15) is 0 Å². The van der Waals surface area contributed by atoms with Crippen LogP contribution in [0.2, 0.25) is 0 Å². The molecule has 18 heavy (non-hydrogen) atoms. The third kappa shape index (κ3) is 4.13. The van der Waals surface area contributed by atoms with Crippen molar-refractivity contribution in [2.45, 2.75) is 26.3 Å². The summed E-state index contributed by atoms with van der Waals surface area (Å²) >= 11 is 0. The van der Waals surface area contributed by atoms with Gasteiger partial charge in [0.2, 0.25) is 0 Å². The molecule has 0 spiro atoms. The highest BCUT2D eigenvalue weighted by Gasteiger charge is 2.10. The Kier molecular flexibility index (Phi) is 5.82. The van der Waals surface area contributed by atoms with E-state index in [4.69, 9.17) is 10.5 Å². The highest BCUT2D eigenvalue weighted by Crippen LogP contribution is 2.12. The predicted octanol–water partition coefficient (Wildman–Crippen LogP) is 1.40. The first-order valence-electron chi connectivity index (χ1n) is 6.15. The van der Waals surface area contributed by atoms with Gasteiger partial charge in [-0.3, -0.25) is 4.79 Å². The van der Waals surface area contributed by atoms with Crippen LogP contribution in [0.5, 0.6) is 0 Å². The third-order valence-corrected chi connectivity index (χ3v) is 3.03. The van der Waals surface area contributed by atoms with E-state index in [0.29, 0.717) is 19.6 Å². The molecule has 0 aliphatic heterocycles. The van der Waals surface area contributed by atoms with Crippen LogP contribution in [0.4, 0.5) is 0 Å². The van der Waals surface area contributed by atoms with Crippen molar-refractivity contribution in [1.82, 2.24) is 5.32 Å². The van der Waals surface area contributed by atoms with E-state index in [-0.39, 0.29) is 11.9 Å². The molecular weight excluding hydrogens is 228 g/mol. The SMILES string of the molecule is COCC(N)CCNC(=O)c1cccc(C)c1C. The molecule has 0 bridgehead atoms. The van der Waals surface area contributed by atoms with E-state index in [9.17, 15) is 4.79 Å². The number of ether oxygens (including phenoxy) is 1. The molecule has 1 unspecified atom stereocenters. The van der Waals surface area contributed by atoms with E-state index in [2.05, 4.69) is 5.32 Å². The van der Waals surface area contributed by atoms with E-state index >= 15 is 0 Å². The molecule has 0 saturated heterocycles. The van der Waals surface area contributed by atoms with E-state index < -0.39 is 0 Å². The van der Waals surface area contributed by atoms with Crippen molar-refractivity contribution < 1.29 is 9.53 Å². The summed E-state index contributed by atoms with van der Waals surface area (Å²) in [6, 6.07) is 5.70. The highest BCUT2D eigenvalue weighted by molar-refractivity contribution is 5.95. The Morgan fingerprint density at radius 2 is 2.17 bits per heavy atom. The topological polar surface area (TPSA) is 64.3 Å². The first kappa shape index (κ1) is 14.7. The molecule has 100 valence electrons. The van der Waals surface area contributed by atoms with Crippen LogP contribution in [-0.2, 0) is 4.74 Å². The van der Waals surface area contributed by atoms with Crippen molar-refractivity contribution in [1.29, 1.82) is 0 Å². The third-order valence-electron chi connectivity index (χ3n) is 3.03. The normalized spacial score (nSPS) is 12.2. The van der Waals surface area contributed by atoms with Crippen LogP contribution in [0.15, 0.2) is 18.2 Å². The molecule has 0 fully saturated rings. The summed E-state index contributed by atoms with van der Waals surface area (Å²) in [6.45, 7) is 5.04. The maximum absolute atomic E-state index is 12.0. The van der Waals surface area contributed by atoms with Crippen LogP contribution < -0.4 is 11.1 Å². The molecule has 0 aromatic heterocycles. The summed E-state index contributed by atoms with van der Waals surface area (Å²) in [5.74, 6) is -0.0409. The Morgan fingerprint density at radius 1 is 1.44 bits per heavy atom. The van der Waals surface area contributed by atoms with Gasteiger partial charge >= 0.3 is 0 Å². The van der Waals surface area contributed by atoms with Gasteiger partial charge in [-0.1, -0.05) is 12.1 Å². The summed E-state index contributed by atoms with van der Waals surface area (Å²) in [4.78, 5) is 12.0. The van der Waals surface area contributed by atoms with Gasteiger partial charge in [0.15, 0.2) is 0 Å². The molecule has 1 aromatic rings. The number of hydrogen-bond donors (Lipinski definition) is 2. The Morgan fingerprint density at radius 3 is 2.83 bits per heavy atom. The maximum atomic E-state index is 12.0. The lowest BCUT2D eigenvalue weighted by atomic mass is 10.0. The van der Waals surface area contributed by atoms with Crippen molar-refractivity contribution in [3.05, 3.63) is 34.9 Å². The van der Waals surface area contributed by atoms with Crippen LogP contribution in [0.3, 0.4) is 0 Å². The van der Waals surface area contributed by atoms with Crippen LogP contribution in [-0.4, -0.2) is 32.2 Å². The Balaban J connectivity index is 2.48. The Labute approximate surface area is 109 Å². The second-order valence-electron chi connectivity index (χ2n) is 4.51. The van der Waals surface area contributed by atoms with E-state index in [0.717, 1.165) is 16.7 Å². The molecule has 1 amide bonds. The van der Waals surface area contributed by atoms with E-state index in [1.54, 1.807) is 7.11 Å². The number of methoxy groups -OCH3 is 1. The average molecular weight is 250 g/mol. The Hall–Kier alpha value is -1.39. The number of carbonyl (C=O) groups is 1. The summed E-state index contributed by atoms with van der Waals surface area (Å²) in [7, 11) is 1.62. The highest BCUT2D eigenvalue weighted by atomic mass is 16.5. The van der Waals surface area contributed by atoms with Crippen LogP contribution in [0.1, 0.15) is 27.9 Å². The monoisotopic (exact) mass is 250 g/mol. The predicted molar refractivity (Wildman–Crippen MR) is 72.7 cm³/mol. The lowest BCUT2D eigenvalue weighted by molar-refractivity contribution is 0.0949. The van der Waals surface area contributed by atoms with Crippen molar-refractivity contribution in [3.8, 4) is 0 Å². The van der Waals surface area contributed by atoms with Gasteiger partial charge in [-0.2, -0.15) is 0 Å². The number of amides is 1. The fraction of sp³-hybridized carbons (Fsp3) is 0.500. The fourth-order valence-corrected chi connectivity index (χ4v) is 1.76. The van der Waals surface area contributed by atoms with Crippen molar-refractivity contribution >= 4 is 5.91 Å². The van der Waals surface area contributed by atoms with Crippen LogP contribution in [0.25, 0.3) is 0 Å². The number of nitrogens with one attached hydrogen (secondary N) is 1. The molecule has 1 rings (SSSR count). The lowest BCUT2D eigenvalue weighted by Gasteiger charge is -2.12. The summed E-state index contributed by atoms with van der Waals surface area (Å²) in [6.07, 6.45) is 0.713. The van der Waals surface area contributed by atoms with Crippen LogP contribution >= 0.6 is 0 Å². The minimum Gasteiger partial charge on any atom is -0.383 e. The van der Waals surface area contributed by atoms with Gasteiger partial charge in [0, 0.05) is 25.3 Å². The molecule has 4 nitrogen and oxygen atoms in total. The molecule has 0 aliphatic carbocycles. The zero-order chi connectivity index (χ0) is 13.5. The van der Waals surface area contributed by atoms with Gasteiger partial charge in [-0.25, -0.2) is 0 Å². The number of nitrogens with two attached hydrogens (primary N) is 1. The van der Waals surface area contributed by atoms with Gasteiger partial charge < -0.3 is 15.8 Å². The summed E-state index contributed by atoms with van der Waals surface area (Å²) in [5, 5.41) is 2.88. The quantitative estimate of drug-likeness (QED) is 0.802. The molecule has 1 atom stereocenters. The van der Waals surface area contributed by atoms with Gasteiger partial charge in [-0.15, -0.1) is 0 Å². The number of benzene rings is 1. The molecular formula is C14H22N2O2. The molecule has 1 aromatic carbocycles. The zero-order valence-electron chi connectivity index (χ0n) is 11.3. The molecule has 0 saturated carbocycles. The molecule has 4 heteroatoms. The van der Waals surface area contributed by atoms with Crippen molar-refractivity contribution in [3.63, 3.8) is 0 Å². The number of carbonyl (C=O) groups excluding carboxylic acids is 1. The molecule has 0 radical (unpaired) electrons. The largest absolute Gasteiger partial charge is 0.383 e. The molecule has 3 N–H and O–H groups in total. The Bertz CT molecular complexity index is 405. The van der Waals surface area contributed by atoms with Crippen molar-refractivity contribution in [2.75, 3.05) is 20.3 Å². The minimum absolute atomic E-state index is 0.0334. The van der Waals surface area contributed by atoms with Crippen molar-refractivity contribution in [2.24, 2.45) is 5.73 Å². The second-order valence-corrected chi connectivity index (χ2v) is 4.51. The minimum atomic E-state index is -0.0409. The van der Waals surface area contributed by atoms with Gasteiger partial charge in [-0.05, 0) is 37.5 Å².